The van der Waals surface area contributed by atoms with Crippen molar-refractivity contribution in [2.75, 3.05) is 6.54 Å². The van der Waals surface area contributed by atoms with E-state index in [1.54, 1.807) is 0 Å². The number of benzene rings is 1. The summed E-state index contributed by atoms with van der Waals surface area (Å²) in [6, 6.07) is 11.3. The Kier molecular flexibility index (Phi) is 6.33. The first-order chi connectivity index (χ1) is 10.2. The van der Waals surface area contributed by atoms with E-state index in [0.29, 0.717) is 6.04 Å². The van der Waals surface area contributed by atoms with Gasteiger partial charge in [0.15, 0.2) is 0 Å². The van der Waals surface area contributed by atoms with E-state index < -0.39 is 0 Å². The maximum absolute atomic E-state index is 4.65. The van der Waals surface area contributed by atoms with E-state index in [1.165, 1.54) is 10.5 Å². The number of hydrogen-bond acceptors (Lipinski definition) is 3. The van der Waals surface area contributed by atoms with Crippen LogP contribution in [0.25, 0.3) is 0 Å². The summed E-state index contributed by atoms with van der Waals surface area (Å²) >= 11 is 1.85. The van der Waals surface area contributed by atoms with Crippen molar-refractivity contribution >= 4 is 11.8 Å². The molecule has 114 valence electrons. The highest BCUT2D eigenvalue weighted by atomic mass is 32.2. The molecule has 0 aliphatic heterocycles. The molecule has 3 nitrogen and oxygen atoms in total. The van der Waals surface area contributed by atoms with Gasteiger partial charge in [-0.3, -0.25) is 4.68 Å². The van der Waals surface area contributed by atoms with Gasteiger partial charge in [0.1, 0.15) is 0 Å². The van der Waals surface area contributed by atoms with Crippen LogP contribution >= 0.6 is 11.8 Å². The molecule has 0 amide bonds. The molecule has 0 saturated heterocycles. The lowest BCUT2D eigenvalue weighted by atomic mass is 10.2. The molecule has 21 heavy (non-hydrogen) atoms. The summed E-state index contributed by atoms with van der Waals surface area (Å²) in [7, 11) is 0. The Labute approximate surface area is 132 Å². The topological polar surface area (TPSA) is 29.9 Å². The minimum absolute atomic E-state index is 0.479. The van der Waals surface area contributed by atoms with Crippen molar-refractivity contribution in [1.82, 2.24) is 15.1 Å². The molecule has 0 aliphatic rings. The zero-order chi connectivity index (χ0) is 15.1. The number of nitrogens with zero attached hydrogens (tertiary/aromatic N) is 2. The molecule has 0 radical (unpaired) electrons. The molecular weight excluding hydrogens is 278 g/mol. The fourth-order valence-electron chi connectivity index (χ4n) is 2.06. The average Bonchev–Trinajstić information content (AvgIpc) is 2.99. The van der Waals surface area contributed by atoms with E-state index in [1.807, 2.05) is 11.8 Å². The first kappa shape index (κ1) is 16.1. The first-order valence-electron chi connectivity index (χ1n) is 7.69. The third-order valence-corrected chi connectivity index (χ3v) is 4.60. The van der Waals surface area contributed by atoms with E-state index in [0.717, 1.165) is 31.0 Å². The monoisotopic (exact) mass is 303 g/mol. The Hall–Kier alpha value is -1.26. The van der Waals surface area contributed by atoms with Crippen LogP contribution in [0.15, 0.2) is 41.4 Å². The van der Waals surface area contributed by atoms with Gasteiger partial charge in [-0.25, -0.2) is 0 Å². The third kappa shape index (κ3) is 4.90. The van der Waals surface area contributed by atoms with Crippen LogP contribution in [0.2, 0.25) is 0 Å². The van der Waals surface area contributed by atoms with Gasteiger partial charge in [0.25, 0.3) is 0 Å². The lowest BCUT2D eigenvalue weighted by Crippen LogP contribution is -2.11. The largest absolute Gasteiger partial charge is 0.313 e. The molecule has 2 aromatic rings. The molecule has 1 aromatic carbocycles. The lowest BCUT2D eigenvalue weighted by molar-refractivity contribution is 0.475. The van der Waals surface area contributed by atoms with Crippen molar-refractivity contribution in [2.45, 2.75) is 50.4 Å². The summed E-state index contributed by atoms with van der Waals surface area (Å²) in [6.07, 6.45) is 3.20. The number of nitrogens with one attached hydrogen (secondary N) is 1. The second kappa shape index (κ2) is 8.25. The normalized spacial score (nSPS) is 12.5. The van der Waals surface area contributed by atoms with Gasteiger partial charge in [0.2, 0.25) is 0 Å². The zero-order valence-electron chi connectivity index (χ0n) is 13.2. The molecule has 0 bridgehead atoms. The van der Waals surface area contributed by atoms with E-state index >= 15 is 0 Å². The molecule has 1 heterocycles. The summed E-state index contributed by atoms with van der Waals surface area (Å²) in [6.45, 7) is 8.47. The maximum Gasteiger partial charge on any atom is 0.0727 e. The van der Waals surface area contributed by atoms with Gasteiger partial charge in [-0.2, -0.15) is 5.10 Å². The molecule has 1 N–H and O–H groups in total. The highest BCUT2D eigenvalue weighted by Crippen LogP contribution is 2.23. The second-order valence-corrected chi connectivity index (χ2v) is 6.31. The van der Waals surface area contributed by atoms with Crippen molar-refractivity contribution in [2.24, 2.45) is 0 Å². The van der Waals surface area contributed by atoms with Gasteiger partial charge in [-0.15, -0.1) is 11.8 Å². The Morgan fingerprint density at radius 2 is 2.14 bits per heavy atom. The number of hydrogen-bond donors (Lipinski definition) is 1. The summed E-state index contributed by atoms with van der Waals surface area (Å²) in [5, 5.41) is 8.01. The van der Waals surface area contributed by atoms with Crippen LogP contribution in [0.5, 0.6) is 0 Å². The van der Waals surface area contributed by atoms with Crippen molar-refractivity contribution in [3.05, 3.63) is 47.8 Å². The molecule has 2 rings (SSSR count). The summed E-state index contributed by atoms with van der Waals surface area (Å²) in [4.78, 5) is 1.31. The first-order valence-corrected chi connectivity index (χ1v) is 8.68. The predicted octanol–water partition coefficient (Wildman–Crippen LogP) is 4.26. The third-order valence-electron chi connectivity index (χ3n) is 3.57. The minimum atomic E-state index is 0.479. The Morgan fingerprint density at radius 1 is 1.29 bits per heavy atom. The van der Waals surface area contributed by atoms with Crippen molar-refractivity contribution in [3.8, 4) is 0 Å². The lowest BCUT2D eigenvalue weighted by Gasteiger charge is -2.08. The number of thioether (sulfide) groups is 1. The van der Waals surface area contributed by atoms with E-state index in [9.17, 15) is 0 Å². The van der Waals surface area contributed by atoms with Crippen molar-refractivity contribution in [1.29, 1.82) is 0 Å². The molecule has 0 aliphatic carbocycles. The van der Waals surface area contributed by atoms with Crippen molar-refractivity contribution < 1.29 is 0 Å². The van der Waals surface area contributed by atoms with Crippen LogP contribution in [0, 0.1) is 0 Å². The smallest absolute Gasteiger partial charge is 0.0727 e. The van der Waals surface area contributed by atoms with Crippen LogP contribution in [-0.4, -0.2) is 16.3 Å². The van der Waals surface area contributed by atoms with E-state index in [4.69, 9.17) is 0 Å². The Bertz CT molecular complexity index is 550. The van der Waals surface area contributed by atoms with Crippen LogP contribution in [0.4, 0.5) is 0 Å². The molecular formula is C17H25N3S. The predicted molar refractivity (Wildman–Crippen MR) is 90.6 cm³/mol. The molecule has 1 atom stereocenters. The van der Waals surface area contributed by atoms with Gasteiger partial charge < -0.3 is 5.32 Å². The SMILES string of the molecule is CCNCc1cccc(SCc2ccn(C(C)CC)n2)c1. The quantitative estimate of drug-likeness (QED) is 0.739. The highest BCUT2D eigenvalue weighted by Gasteiger charge is 2.05. The maximum atomic E-state index is 4.65. The molecule has 4 heteroatoms. The molecule has 0 spiro atoms. The van der Waals surface area contributed by atoms with Gasteiger partial charge in [-0.05, 0) is 43.7 Å². The summed E-state index contributed by atoms with van der Waals surface area (Å²) in [5.41, 5.74) is 2.49. The molecule has 1 aromatic heterocycles. The molecule has 0 saturated carbocycles. The molecule has 1 unspecified atom stereocenters. The Morgan fingerprint density at radius 3 is 2.90 bits per heavy atom. The number of rotatable bonds is 8. The standard InChI is InChI=1S/C17H25N3S/c1-4-14(3)20-10-9-16(19-20)13-21-17-8-6-7-15(11-17)12-18-5-2/h6-11,14,18H,4-5,12-13H2,1-3H3. The fraction of sp³-hybridized carbons (Fsp3) is 0.471. The van der Waals surface area contributed by atoms with Gasteiger partial charge in [0.05, 0.1) is 5.69 Å². The highest BCUT2D eigenvalue weighted by molar-refractivity contribution is 7.98. The summed E-state index contributed by atoms with van der Waals surface area (Å²) in [5.74, 6) is 0.925. The molecule has 0 fully saturated rings. The van der Waals surface area contributed by atoms with Crippen molar-refractivity contribution in [3.63, 3.8) is 0 Å². The number of aromatic nitrogens is 2. The zero-order valence-corrected chi connectivity index (χ0v) is 14.0. The van der Waals surface area contributed by atoms with E-state index in [-0.39, 0.29) is 0 Å². The van der Waals surface area contributed by atoms with Crippen LogP contribution in [-0.2, 0) is 12.3 Å². The van der Waals surface area contributed by atoms with Gasteiger partial charge in [-0.1, -0.05) is 26.0 Å². The fourth-order valence-corrected chi connectivity index (χ4v) is 2.94. The van der Waals surface area contributed by atoms with E-state index in [2.05, 4.69) is 72.4 Å². The summed E-state index contributed by atoms with van der Waals surface area (Å²) < 4.78 is 2.07. The van der Waals surface area contributed by atoms with Crippen LogP contribution in [0.1, 0.15) is 44.5 Å². The average molecular weight is 303 g/mol. The van der Waals surface area contributed by atoms with Gasteiger partial charge >= 0.3 is 0 Å². The van der Waals surface area contributed by atoms with Gasteiger partial charge in [0, 0.05) is 29.4 Å². The second-order valence-electron chi connectivity index (χ2n) is 5.26. The minimum Gasteiger partial charge on any atom is -0.313 e. The van der Waals surface area contributed by atoms with Crippen LogP contribution < -0.4 is 5.32 Å². The van der Waals surface area contributed by atoms with Crippen LogP contribution in [0.3, 0.4) is 0 Å². The Balaban J connectivity index is 1.91.